The highest BCUT2D eigenvalue weighted by Gasteiger charge is 2.09. The summed E-state index contributed by atoms with van der Waals surface area (Å²) in [6.07, 6.45) is 4.33. The largest absolute Gasteiger partial charge is 0.491 e. The molecular formula is C14H9Cl2N3O2. The molecule has 106 valence electrons. The minimum absolute atomic E-state index is 0.163. The molecule has 2 aromatic heterocycles. The summed E-state index contributed by atoms with van der Waals surface area (Å²) in [6.45, 7) is 0. The molecule has 0 atom stereocenters. The van der Waals surface area contributed by atoms with Crippen LogP contribution in [0.25, 0.3) is 11.6 Å². The molecule has 0 unspecified atom stereocenters. The van der Waals surface area contributed by atoms with Gasteiger partial charge in [-0.25, -0.2) is 0 Å². The monoisotopic (exact) mass is 321 g/mol. The summed E-state index contributed by atoms with van der Waals surface area (Å²) >= 11 is 12.0. The highest BCUT2D eigenvalue weighted by Crippen LogP contribution is 2.27. The van der Waals surface area contributed by atoms with Crippen molar-refractivity contribution in [1.29, 1.82) is 5.26 Å². The zero-order valence-corrected chi connectivity index (χ0v) is 12.4. The second-order valence-electron chi connectivity index (χ2n) is 3.96. The summed E-state index contributed by atoms with van der Waals surface area (Å²) in [7, 11) is 1.39. The molecule has 1 N–H and O–H groups in total. The van der Waals surface area contributed by atoms with Crippen molar-refractivity contribution in [2.75, 3.05) is 7.11 Å². The Labute approximate surface area is 130 Å². The van der Waals surface area contributed by atoms with Gasteiger partial charge in [-0.3, -0.25) is 9.78 Å². The Bertz CT molecular complexity index is 786. The zero-order valence-electron chi connectivity index (χ0n) is 10.9. The van der Waals surface area contributed by atoms with Crippen LogP contribution < -0.4 is 10.3 Å². The van der Waals surface area contributed by atoms with Crippen molar-refractivity contribution in [3.05, 3.63) is 56.2 Å². The number of methoxy groups -OCH3 is 1. The molecule has 0 aliphatic heterocycles. The minimum Gasteiger partial charge on any atom is -0.491 e. The van der Waals surface area contributed by atoms with E-state index in [-0.39, 0.29) is 11.3 Å². The molecule has 0 saturated carbocycles. The lowest BCUT2D eigenvalue weighted by Gasteiger charge is -2.04. The van der Waals surface area contributed by atoms with Crippen LogP contribution in [0.4, 0.5) is 0 Å². The molecule has 0 aliphatic carbocycles. The Morgan fingerprint density at radius 2 is 2.05 bits per heavy atom. The van der Waals surface area contributed by atoms with Gasteiger partial charge < -0.3 is 9.72 Å². The van der Waals surface area contributed by atoms with Crippen LogP contribution in [0.15, 0.2) is 29.3 Å². The van der Waals surface area contributed by atoms with Gasteiger partial charge in [-0.1, -0.05) is 23.2 Å². The molecule has 0 spiro atoms. The van der Waals surface area contributed by atoms with Crippen molar-refractivity contribution >= 4 is 34.9 Å². The quantitative estimate of drug-likeness (QED) is 0.881. The van der Waals surface area contributed by atoms with Gasteiger partial charge in [0.05, 0.1) is 28.4 Å². The first-order valence-electron chi connectivity index (χ1n) is 5.75. The number of nitrogens with zero attached hydrogens (tertiary/aromatic N) is 2. The summed E-state index contributed by atoms with van der Waals surface area (Å²) in [4.78, 5) is 18.1. The molecule has 0 fully saturated rings. The number of H-pyrrole nitrogens is 1. The minimum atomic E-state index is -0.428. The van der Waals surface area contributed by atoms with E-state index in [1.807, 2.05) is 6.07 Å². The summed E-state index contributed by atoms with van der Waals surface area (Å²) in [5.74, 6) is 0.163. The van der Waals surface area contributed by atoms with E-state index in [0.29, 0.717) is 21.3 Å². The third-order valence-corrected chi connectivity index (χ3v) is 3.29. The number of nitrogens with one attached hydrogen (secondary N) is 1. The Balaban J connectivity index is 2.55. The number of aromatic amines is 1. The van der Waals surface area contributed by atoms with Crippen LogP contribution in [-0.4, -0.2) is 17.1 Å². The second-order valence-corrected chi connectivity index (χ2v) is 4.77. The van der Waals surface area contributed by atoms with Gasteiger partial charge in [0.15, 0.2) is 5.75 Å². The van der Waals surface area contributed by atoms with E-state index >= 15 is 0 Å². The number of aromatic nitrogens is 2. The number of hydrogen-bond donors (Lipinski definition) is 1. The maximum Gasteiger partial charge on any atom is 0.290 e. The van der Waals surface area contributed by atoms with Gasteiger partial charge in [-0.15, -0.1) is 0 Å². The Hall–Kier alpha value is -2.29. The molecule has 7 heteroatoms. The van der Waals surface area contributed by atoms with Crippen molar-refractivity contribution in [3.63, 3.8) is 0 Å². The van der Waals surface area contributed by atoms with E-state index in [1.54, 1.807) is 6.07 Å². The predicted octanol–water partition coefficient (Wildman–Crippen LogP) is 3.15. The van der Waals surface area contributed by atoms with Crippen molar-refractivity contribution < 1.29 is 4.74 Å². The van der Waals surface area contributed by atoms with Gasteiger partial charge in [0.2, 0.25) is 0 Å². The number of halogens is 2. The molecule has 0 aliphatic rings. The summed E-state index contributed by atoms with van der Waals surface area (Å²) in [6, 6.07) is 5.05. The van der Waals surface area contributed by atoms with Crippen LogP contribution in [0, 0.1) is 11.3 Å². The zero-order chi connectivity index (χ0) is 15.4. The number of hydrogen-bond acceptors (Lipinski definition) is 4. The van der Waals surface area contributed by atoms with Crippen molar-refractivity contribution in [2.24, 2.45) is 0 Å². The molecule has 0 bridgehead atoms. The topological polar surface area (TPSA) is 78.8 Å². The fraction of sp³-hybridized carbons (Fsp3) is 0.0714. The highest BCUT2D eigenvalue weighted by atomic mass is 35.5. The third kappa shape index (κ3) is 3.24. The maximum atomic E-state index is 11.7. The molecule has 2 aromatic rings. The van der Waals surface area contributed by atoms with E-state index in [4.69, 9.17) is 27.9 Å². The van der Waals surface area contributed by atoms with E-state index in [1.165, 1.54) is 31.6 Å². The van der Waals surface area contributed by atoms with Crippen LogP contribution in [-0.2, 0) is 0 Å². The Kier molecular flexibility index (Phi) is 4.63. The fourth-order valence-electron chi connectivity index (χ4n) is 1.65. The average molecular weight is 322 g/mol. The molecule has 0 saturated heterocycles. The number of pyridine rings is 2. The molecule has 5 nitrogen and oxygen atoms in total. The summed E-state index contributed by atoms with van der Waals surface area (Å²) < 4.78 is 4.87. The van der Waals surface area contributed by atoms with Crippen LogP contribution >= 0.6 is 23.2 Å². The van der Waals surface area contributed by atoms with E-state index in [9.17, 15) is 10.1 Å². The van der Waals surface area contributed by atoms with Gasteiger partial charge >= 0.3 is 0 Å². The van der Waals surface area contributed by atoms with Crippen LogP contribution in [0.2, 0.25) is 10.0 Å². The Morgan fingerprint density at radius 3 is 2.57 bits per heavy atom. The number of ether oxygens (including phenoxy) is 1. The fourth-order valence-corrected chi connectivity index (χ4v) is 2.13. The predicted molar refractivity (Wildman–Crippen MR) is 81.4 cm³/mol. The molecule has 0 amide bonds. The van der Waals surface area contributed by atoms with Gasteiger partial charge in [0.1, 0.15) is 6.07 Å². The standard InChI is InChI=1S/C14H9Cl2N3O2/c1-21-13-3-2-12(19-14(13)20)8(5-17)4-9-10(15)6-18-7-11(9)16/h2-4,6-7H,1H3,(H,19,20)/b8-4+. The van der Waals surface area contributed by atoms with Gasteiger partial charge in [-0.05, 0) is 18.2 Å². The normalized spacial score (nSPS) is 11.0. The first-order chi connectivity index (χ1) is 10.1. The number of allylic oxidation sites excluding steroid dienone is 1. The molecule has 2 heterocycles. The number of nitriles is 1. The first-order valence-corrected chi connectivity index (χ1v) is 6.51. The molecular weight excluding hydrogens is 313 g/mol. The smallest absolute Gasteiger partial charge is 0.290 e. The molecule has 21 heavy (non-hydrogen) atoms. The van der Waals surface area contributed by atoms with E-state index in [0.717, 1.165) is 0 Å². The molecule has 0 radical (unpaired) electrons. The summed E-state index contributed by atoms with van der Waals surface area (Å²) in [5, 5.41) is 9.89. The van der Waals surface area contributed by atoms with Gasteiger partial charge in [0, 0.05) is 18.0 Å². The molecule has 2 rings (SSSR count). The SMILES string of the molecule is COc1ccc(/C(C#N)=C/c2c(Cl)cncc2Cl)[nH]c1=O. The van der Waals surface area contributed by atoms with Gasteiger partial charge in [-0.2, -0.15) is 5.26 Å². The van der Waals surface area contributed by atoms with Crippen LogP contribution in [0.3, 0.4) is 0 Å². The maximum absolute atomic E-state index is 11.7. The molecule has 0 aromatic carbocycles. The van der Waals surface area contributed by atoms with Crippen LogP contribution in [0.1, 0.15) is 11.3 Å². The first kappa shape index (κ1) is 15.1. The highest BCUT2D eigenvalue weighted by molar-refractivity contribution is 6.37. The average Bonchev–Trinajstić information content (AvgIpc) is 2.47. The lowest BCUT2D eigenvalue weighted by molar-refractivity contribution is 0.408. The lowest BCUT2D eigenvalue weighted by Crippen LogP contribution is -2.10. The summed E-state index contributed by atoms with van der Waals surface area (Å²) in [5.41, 5.74) is 0.585. The van der Waals surface area contributed by atoms with Crippen molar-refractivity contribution in [3.8, 4) is 11.8 Å². The van der Waals surface area contributed by atoms with E-state index < -0.39 is 5.56 Å². The van der Waals surface area contributed by atoms with E-state index in [2.05, 4.69) is 9.97 Å². The third-order valence-electron chi connectivity index (χ3n) is 2.68. The Morgan fingerprint density at radius 1 is 1.38 bits per heavy atom. The van der Waals surface area contributed by atoms with Crippen LogP contribution in [0.5, 0.6) is 5.75 Å². The van der Waals surface area contributed by atoms with Crippen molar-refractivity contribution in [2.45, 2.75) is 0 Å². The lowest BCUT2D eigenvalue weighted by atomic mass is 10.1. The van der Waals surface area contributed by atoms with Gasteiger partial charge in [0.25, 0.3) is 5.56 Å². The number of rotatable bonds is 3. The second kappa shape index (κ2) is 6.44. The van der Waals surface area contributed by atoms with Crippen molar-refractivity contribution in [1.82, 2.24) is 9.97 Å².